The van der Waals surface area contributed by atoms with Gasteiger partial charge >= 0.3 is 0 Å². The summed E-state index contributed by atoms with van der Waals surface area (Å²) in [5, 5.41) is 1.63. The lowest BCUT2D eigenvalue weighted by Crippen LogP contribution is -2.40. The number of methoxy groups -OCH3 is 1. The first-order valence-electron chi connectivity index (χ1n) is 13.4. The number of aliphatic imine (C=N–C) groups is 1. The van der Waals surface area contributed by atoms with Crippen LogP contribution in [-0.4, -0.2) is 66.7 Å². The molecule has 0 aliphatic carbocycles. The smallest absolute Gasteiger partial charge is 0.266 e. The zero-order valence-corrected chi connectivity index (χ0v) is 25.5. The van der Waals surface area contributed by atoms with E-state index in [0.717, 1.165) is 11.1 Å². The first-order chi connectivity index (χ1) is 20.4. The second-order valence-electron chi connectivity index (χ2n) is 9.44. The molecule has 0 atom stereocenters. The monoisotopic (exact) mass is 625 g/mol. The van der Waals surface area contributed by atoms with Crippen LogP contribution in [0.1, 0.15) is 28.4 Å². The van der Waals surface area contributed by atoms with Crippen molar-refractivity contribution in [2.24, 2.45) is 4.99 Å². The number of amidine groups is 1. The van der Waals surface area contributed by atoms with Crippen LogP contribution in [0.4, 0.5) is 5.69 Å². The SMILES string of the molecule is CCN1C(=O)/C(=C\c2ccc(OCc3ccc(Cl)cc3Cl)c(OC)c2)SC1=Nc1cccc(C(=O)N2CCOCC2)c1. The highest BCUT2D eigenvalue weighted by Gasteiger charge is 2.32. The van der Waals surface area contributed by atoms with Crippen LogP contribution in [-0.2, 0) is 16.1 Å². The Bertz CT molecular complexity index is 1560. The van der Waals surface area contributed by atoms with E-state index in [2.05, 4.69) is 0 Å². The van der Waals surface area contributed by atoms with Gasteiger partial charge in [-0.05, 0) is 72.8 Å². The Balaban J connectivity index is 1.33. The molecule has 3 aromatic carbocycles. The van der Waals surface area contributed by atoms with Crippen LogP contribution in [0, 0.1) is 0 Å². The lowest BCUT2D eigenvalue weighted by molar-refractivity contribution is -0.122. The highest BCUT2D eigenvalue weighted by atomic mass is 35.5. The number of amides is 2. The van der Waals surface area contributed by atoms with E-state index in [0.29, 0.717) is 75.7 Å². The normalized spacial score (nSPS) is 17.3. The predicted octanol–water partition coefficient (Wildman–Crippen LogP) is 6.68. The summed E-state index contributed by atoms with van der Waals surface area (Å²) in [6, 6.07) is 17.9. The number of rotatable bonds is 8. The number of thioether (sulfide) groups is 1. The lowest BCUT2D eigenvalue weighted by atomic mass is 10.1. The molecule has 2 aliphatic rings. The fraction of sp³-hybridized carbons (Fsp3) is 0.258. The van der Waals surface area contributed by atoms with Crippen LogP contribution in [0.25, 0.3) is 6.08 Å². The maximum absolute atomic E-state index is 13.3. The molecule has 0 radical (unpaired) electrons. The van der Waals surface area contributed by atoms with E-state index in [9.17, 15) is 9.59 Å². The van der Waals surface area contributed by atoms with Crippen molar-refractivity contribution in [1.29, 1.82) is 0 Å². The highest BCUT2D eigenvalue weighted by Crippen LogP contribution is 2.36. The summed E-state index contributed by atoms with van der Waals surface area (Å²) in [5.41, 5.74) is 2.73. The van der Waals surface area contributed by atoms with Gasteiger partial charge < -0.3 is 19.1 Å². The zero-order chi connectivity index (χ0) is 29.6. The minimum Gasteiger partial charge on any atom is -0.493 e. The molecule has 2 fully saturated rings. The summed E-state index contributed by atoms with van der Waals surface area (Å²) in [6.07, 6.45) is 1.80. The Morgan fingerprint density at radius 2 is 1.88 bits per heavy atom. The standard InChI is InChI=1S/C31H29Cl2N3O5S/c1-3-36-30(38)28(42-31(36)34-24-6-4-5-21(17-24)29(37)35-11-13-40-14-12-35)16-20-7-10-26(27(15-20)39-2)41-19-22-8-9-23(32)18-25(22)33/h4-10,15-18H,3,11-14,19H2,1-2H3/b28-16+,34-31?. The molecule has 8 nitrogen and oxygen atoms in total. The van der Waals surface area contributed by atoms with E-state index in [1.54, 1.807) is 59.4 Å². The number of halogens is 2. The Hall–Kier alpha value is -3.50. The summed E-state index contributed by atoms with van der Waals surface area (Å²) in [5.74, 6) is 0.868. The molecule has 11 heteroatoms. The molecule has 0 unspecified atom stereocenters. The van der Waals surface area contributed by atoms with Crippen LogP contribution >= 0.6 is 35.0 Å². The maximum Gasteiger partial charge on any atom is 0.266 e. The first kappa shape index (κ1) is 30.0. The van der Waals surface area contributed by atoms with Crippen LogP contribution in [0.5, 0.6) is 11.5 Å². The number of benzene rings is 3. The van der Waals surface area contributed by atoms with Gasteiger partial charge in [0.1, 0.15) is 6.61 Å². The number of likely N-dealkylation sites (N-methyl/N-ethyl adjacent to an activating group) is 1. The summed E-state index contributed by atoms with van der Waals surface area (Å²) in [6.45, 7) is 4.79. The average Bonchev–Trinajstić information content (AvgIpc) is 3.30. The van der Waals surface area contributed by atoms with Crippen LogP contribution < -0.4 is 9.47 Å². The molecule has 0 aromatic heterocycles. The van der Waals surface area contributed by atoms with Crippen molar-refractivity contribution >= 4 is 63.7 Å². The van der Waals surface area contributed by atoms with Crippen LogP contribution in [0.2, 0.25) is 10.0 Å². The van der Waals surface area contributed by atoms with Crippen molar-refractivity contribution in [2.45, 2.75) is 13.5 Å². The summed E-state index contributed by atoms with van der Waals surface area (Å²) in [4.78, 5) is 34.9. The molecule has 2 heterocycles. The van der Waals surface area contributed by atoms with Gasteiger partial charge in [-0.25, -0.2) is 4.99 Å². The third-order valence-corrected chi connectivity index (χ3v) is 8.30. The Morgan fingerprint density at radius 1 is 1.07 bits per heavy atom. The molecule has 0 saturated carbocycles. The van der Waals surface area contributed by atoms with Crippen molar-refractivity contribution < 1.29 is 23.8 Å². The van der Waals surface area contributed by atoms with Gasteiger partial charge in [0, 0.05) is 40.8 Å². The van der Waals surface area contributed by atoms with Gasteiger partial charge in [0.25, 0.3) is 11.8 Å². The number of carbonyl (C=O) groups excluding carboxylic acids is 2. The Labute approximate surface area is 258 Å². The summed E-state index contributed by atoms with van der Waals surface area (Å²) in [7, 11) is 1.56. The van der Waals surface area contributed by atoms with Crippen molar-refractivity contribution in [3.05, 3.63) is 92.3 Å². The molecule has 2 aliphatic heterocycles. The van der Waals surface area contributed by atoms with E-state index in [-0.39, 0.29) is 18.4 Å². The molecule has 2 amide bonds. The molecule has 0 spiro atoms. The van der Waals surface area contributed by atoms with E-state index in [1.807, 2.05) is 31.2 Å². The molecule has 3 aromatic rings. The molecular weight excluding hydrogens is 597 g/mol. The van der Waals surface area contributed by atoms with Gasteiger partial charge in [-0.15, -0.1) is 0 Å². The van der Waals surface area contributed by atoms with E-state index < -0.39 is 0 Å². The fourth-order valence-corrected chi connectivity index (χ4v) is 6.00. The van der Waals surface area contributed by atoms with Crippen molar-refractivity contribution in [2.75, 3.05) is 40.0 Å². The number of carbonyl (C=O) groups is 2. The molecule has 0 N–H and O–H groups in total. The molecule has 2 saturated heterocycles. The second kappa shape index (κ2) is 13.6. The van der Waals surface area contributed by atoms with Crippen LogP contribution in [0.3, 0.4) is 0 Å². The van der Waals surface area contributed by atoms with Gasteiger partial charge in [0.05, 0.1) is 30.9 Å². The van der Waals surface area contributed by atoms with Crippen molar-refractivity contribution in [1.82, 2.24) is 9.80 Å². The number of ether oxygens (including phenoxy) is 3. The molecule has 42 heavy (non-hydrogen) atoms. The molecule has 5 rings (SSSR count). The summed E-state index contributed by atoms with van der Waals surface area (Å²) < 4.78 is 16.9. The van der Waals surface area contributed by atoms with Gasteiger partial charge in [-0.1, -0.05) is 41.4 Å². The number of nitrogens with zero attached hydrogens (tertiary/aromatic N) is 3. The zero-order valence-electron chi connectivity index (χ0n) is 23.1. The maximum atomic E-state index is 13.3. The minimum absolute atomic E-state index is 0.0546. The third kappa shape index (κ3) is 6.93. The van der Waals surface area contributed by atoms with E-state index >= 15 is 0 Å². The van der Waals surface area contributed by atoms with Crippen LogP contribution in [0.15, 0.2) is 70.6 Å². The minimum atomic E-state index is -0.140. The van der Waals surface area contributed by atoms with Crippen molar-refractivity contribution in [3.63, 3.8) is 0 Å². The predicted molar refractivity (Wildman–Crippen MR) is 167 cm³/mol. The molecule has 0 bridgehead atoms. The highest BCUT2D eigenvalue weighted by molar-refractivity contribution is 8.18. The number of hydrogen-bond donors (Lipinski definition) is 0. The summed E-state index contributed by atoms with van der Waals surface area (Å²) >= 11 is 13.5. The largest absolute Gasteiger partial charge is 0.493 e. The third-order valence-electron chi connectivity index (χ3n) is 6.70. The lowest BCUT2D eigenvalue weighted by Gasteiger charge is -2.26. The number of morpholine rings is 1. The van der Waals surface area contributed by atoms with E-state index in [1.165, 1.54) is 11.8 Å². The first-order valence-corrected chi connectivity index (χ1v) is 15.0. The quantitative estimate of drug-likeness (QED) is 0.260. The van der Waals surface area contributed by atoms with Gasteiger partial charge in [-0.3, -0.25) is 14.5 Å². The van der Waals surface area contributed by atoms with Gasteiger partial charge in [-0.2, -0.15) is 0 Å². The molecule has 218 valence electrons. The topological polar surface area (TPSA) is 80.7 Å². The molecular formula is C31H29Cl2N3O5S. The fourth-order valence-electron chi connectivity index (χ4n) is 4.48. The average molecular weight is 627 g/mol. The Morgan fingerprint density at radius 3 is 2.62 bits per heavy atom. The number of hydrogen-bond acceptors (Lipinski definition) is 7. The van der Waals surface area contributed by atoms with Crippen molar-refractivity contribution in [3.8, 4) is 11.5 Å². The Kier molecular flexibility index (Phi) is 9.74. The van der Waals surface area contributed by atoms with Gasteiger partial charge in [0.2, 0.25) is 0 Å². The second-order valence-corrected chi connectivity index (χ2v) is 11.3. The van der Waals surface area contributed by atoms with Gasteiger partial charge in [0.15, 0.2) is 16.7 Å². The van der Waals surface area contributed by atoms with E-state index in [4.69, 9.17) is 42.4 Å².